The molecule has 126 valence electrons. The Hall–Kier alpha value is -2.24. The van der Waals surface area contributed by atoms with Gasteiger partial charge in [-0.15, -0.1) is 0 Å². The van der Waals surface area contributed by atoms with Gasteiger partial charge in [-0.1, -0.05) is 23.2 Å². The van der Waals surface area contributed by atoms with Gasteiger partial charge in [0.1, 0.15) is 0 Å². The fourth-order valence-electron chi connectivity index (χ4n) is 1.91. The molecule has 0 aromatic heterocycles. The molecule has 0 aliphatic rings. The van der Waals surface area contributed by atoms with E-state index in [4.69, 9.17) is 27.9 Å². The summed E-state index contributed by atoms with van der Waals surface area (Å²) in [6, 6.07) is 11.5. The van der Waals surface area contributed by atoms with Crippen molar-refractivity contribution in [2.24, 2.45) is 0 Å². The molecular weight excluding hydrogens is 351 g/mol. The Morgan fingerprint density at radius 3 is 2.42 bits per heavy atom. The maximum atomic E-state index is 11.9. The fraction of sp³-hybridized carbons (Fsp3) is 0.176. The van der Waals surface area contributed by atoms with Crippen LogP contribution in [0, 0.1) is 0 Å². The van der Waals surface area contributed by atoms with E-state index >= 15 is 0 Å². The maximum absolute atomic E-state index is 11.9. The quantitative estimate of drug-likeness (QED) is 0.751. The number of halogens is 2. The summed E-state index contributed by atoms with van der Waals surface area (Å²) >= 11 is 11.8. The van der Waals surface area contributed by atoms with Crippen LogP contribution in [-0.2, 0) is 9.53 Å². The Bertz CT molecular complexity index is 733. The predicted octanol–water partition coefficient (Wildman–Crippen LogP) is 4.22. The summed E-state index contributed by atoms with van der Waals surface area (Å²) < 4.78 is 4.91. The van der Waals surface area contributed by atoms with E-state index in [9.17, 15) is 9.59 Å². The summed E-state index contributed by atoms with van der Waals surface area (Å²) in [5.41, 5.74) is 1.66. The smallest absolute Gasteiger partial charge is 0.338 e. The van der Waals surface area contributed by atoms with Crippen molar-refractivity contribution in [3.05, 3.63) is 58.1 Å². The van der Waals surface area contributed by atoms with Crippen molar-refractivity contribution >= 4 is 46.5 Å². The van der Waals surface area contributed by atoms with Crippen molar-refractivity contribution < 1.29 is 14.3 Å². The first-order valence-electron chi connectivity index (χ1n) is 7.25. The molecule has 2 aromatic rings. The van der Waals surface area contributed by atoms with Crippen LogP contribution in [-0.4, -0.2) is 25.0 Å². The van der Waals surface area contributed by atoms with Crippen LogP contribution in [0.5, 0.6) is 0 Å². The monoisotopic (exact) mass is 366 g/mol. The van der Waals surface area contributed by atoms with Gasteiger partial charge in [0.15, 0.2) is 0 Å². The summed E-state index contributed by atoms with van der Waals surface area (Å²) in [6.07, 6.45) is 0. The zero-order valence-electron chi connectivity index (χ0n) is 12.9. The molecule has 0 saturated carbocycles. The van der Waals surface area contributed by atoms with Crippen LogP contribution in [0.3, 0.4) is 0 Å². The molecule has 2 aromatic carbocycles. The lowest BCUT2D eigenvalue weighted by Crippen LogP contribution is -2.21. The normalized spacial score (nSPS) is 10.1. The molecule has 0 spiro atoms. The minimum absolute atomic E-state index is 0.0533. The summed E-state index contributed by atoms with van der Waals surface area (Å²) in [7, 11) is 0. The highest BCUT2D eigenvalue weighted by Crippen LogP contribution is 2.25. The van der Waals surface area contributed by atoms with Gasteiger partial charge in [-0.25, -0.2) is 4.79 Å². The third kappa shape index (κ3) is 5.15. The molecule has 5 nitrogen and oxygen atoms in total. The first kappa shape index (κ1) is 18.1. The number of hydrogen-bond acceptors (Lipinski definition) is 4. The van der Waals surface area contributed by atoms with Crippen molar-refractivity contribution in [3.8, 4) is 0 Å². The second-order valence-electron chi connectivity index (χ2n) is 4.82. The molecule has 2 rings (SSSR count). The fourth-order valence-corrected chi connectivity index (χ4v) is 2.36. The maximum Gasteiger partial charge on any atom is 0.338 e. The van der Waals surface area contributed by atoms with E-state index in [1.807, 2.05) is 0 Å². The molecule has 0 aliphatic heterocycles. The number of anilines is 2. The summed E-state index contributed by atoms with van der Waals surface area (Å²) in [5, 5.41) is 6.52. The van der Waals surface area contributed by atoms with Crippen LogP contribution < -0.4 is 10.6 Å². The van der Waals surface area contributed by atoms with Gasteiger partial charge in [0.25, 0.3) is 0 Å². The second kappa shape index (κ2) is 8.57. The molecule has 0 unspecified atom stereocenters. The van der Waals surface area contributed by atoms with Crippen LogP contribution >= 0.6 is 23.2 Å². The summed E-state index contributed by atoms with van der Waals surface area (Å²) in [5.74, 6) is -0.632. The molecular formula is C17H16Cl2N2O3. The van der Waals surface area contributed by atoms with Gasteiger partial charge < -0.3 is 15.4 Å². The van der Waals surface area contributed by atoms with Gasteiger partial charge in [-0.2, -0.15) is 0 Å². The molecule has 0 atom stereocenters. The molecule has 2 N–H and O–H groups in total. The Morgan fingerprint density at radius 2 is 1.79 bits per heavy atom. The number of carbonyl (C=O) groups is 2. The summed E-state index contributed by atoms with van der Waals surface area (Å²) in [6.45, 7) is 2.13. The van der Waals surface area contributed by atoms with Crippen molar-refractivity contribution in [2.45, 2.75) is 6.92 Å². The van der Waals surface area contributed by atoms with E-state index in [1.54, 1.807) is 49.4 Å². The lowest BCUT2D eigenvalue weighted by molar-refractivity contribution is -0.114. The van der Waals surface area contributed by atoms with E-state index in [-0.39, 0.29) is 18.4 Å². The third-order valence-electron chi connectivity index (χ3n) is 3.05. The van der Waals surface area contributed by atoms with Crippen molar-refractivity contribution in [3.63, 3.8) is 0 Å². The van der Waals surface area contributed by atoms with E-state index in [0.717, 1.165) is 0 Å². The zero-order valence-corrected chi connectivity index (χ0v) is 14.4. The minimum Gasteiger partial charge on any atom is -0.462 e. The first-order valence-corrected chi connectivity index (χ1v) is 8.01. The van der Waals surface area contributed by atoms with Crippen LogP contribution in [0.4, 0.5) is 11.4 Å². The molecule has 24 heavy (non-hydrogen) atoms. The van der Waals surface area contributed by atoms with Gasteiger partial charge in [0.05, 0.1) is 29.4 Å². The van der Waals surface area contributed by atoms with E-state index in [0.29, 0.717) is 33.6 Å². The number of nitrogens with one attached hydrogen (secondary N) is 2. The lowest BCUT2D eigenvalue weighted by Gasteiger charge is -2.10. The summed E-state index contributed by atoms with van der Waals surface area (Å²) in [4.78, 5) is 23.5. The Morgan fingerprint density at radius 1 is 1.08 bits per heavy atom. The second-order valence-corrected chi connectivity index (χ2v) is 5.67. The van der Waals surface area contributed by atoms with Crippen molar-refractivity contribution in [1.82, 2.24) is 0 Å². The van der Waals surface area contributed by atoms with Crippen LogP contribution in [0.25, 0.3) is 0 Å². The largest absolute Gasteiger partial charge is 0.462 e. The molecule has 0 aliphatic carbocycles. The van der Waals surface area contributed by atoms with E-state index in [1.165, 1.54) is 0 Å². The molecule has 7 heteroatoms. The van der Waals surface area contributed by atoms with E-state index in [2.05, 4.69) is 10.6 Å². The van der Waals surface area contributed by atoms with Crippen molar-refractivity contribution in [1.29, 1.82) is 0 Å². The number of ether oxygens (including phenoxy) is 1. The average molecular weight is 367 g/mol. The highest BCUT2D eigenvalue weighted by Gasteiger charge is 2.08. The lowest BCUT2D eigenvalue weighted by atomic mass is 10.2. The predicted molar refractivity (Wildman–Crippen MR) is 96.0 cm³/mol. The van der Waals surface area contributed by atoms with Gasteiger partial charge in [-0.3, -0.25) is 4.79 Å². The molecule has 1 amide bonds. The molecule has 0 radical (unpaired) electrons. The number of carbonyl (C=O) groups excluding carboxylic acids is 2. The highest BCUT2D eigenvalue weighted by atomic mass is 35.5. The number of esters is 1. The van der Waals surface area contributed by atoms with E-state index < -0.39 is 0 Å². The number of hydrogen-bond donors (Lipinski definition) is 2. The van der Waals surface area contributed by atoms with Crippen LogP contribution in [0.2, 0.25) is 10.0 Å². The SMILES string of the molecule is CCOC(=O)c1ccc(NCC(=O)Nc2ccc(Cl)cc2Cl)cc1. The topological polar surface area (TPSA) is 67.4 Å². The zero-order chi connectivity index (χ0) is 17.5. The first-order chi connectivity index (χ1) is 11.5. The molecule has 0 saturated heterocycles. The molecule has 0 heterocycles. The molecule has 0 bridgehead atoms. The van der Waals surface area contributed by atoms with Crippen LogP contribution in [0.15, 0.2) is 42.5 Å². The third-order valence-corrected chi connectivity index (χ3v) is 3.60. The average Bonchev–Trinajstić information content (AvgIpc) is 2.56. The number of benzene rings is 2. The molecule has 0 fully saturated rings. The van der Waals surface area contributed by atoms with Crippen LogP contribution in [0.1, 0.15) is 17.3 Å². The Balaban J connectivity index is 1.88. The number of amides is 1. The van der Waals surface area contributed by atoms with Crippen molar-refractivity contribution in [2.75, 3.05) is 23.8 Å². The number of rotatable bonds is 6. The van der Waals surface area contributed by atoms with Gasteiger partial charge in [-0.05, 0) is 49.4 Å². The minimum atomic E-state index is -0.376. The Labute approximate surface area is 149 Å². The standard InChI is InChI=1S/C17H16Cl2N2O3/c1-2-24-17(23)11-3-6-13(7-4-11)20-10-16(22)21-15-8-5-12(18)9-14(15)19/h3-9,20H,2,10H2,1H3,(H,21,22). The Kier molecular flexibility index (Phi) is 6.46. The van der Waals surface area contributed by atoms with Gasteiger partial charge >= 0.3 is 5.97 Å². The van der Waals surface area contributed by atoms with Gasteiger partial charge in [0, 0.05) is 10.7 Å². The van der Waals surface area contributed by atoms with Gasteiger partial charge in [0.2, 0.25) is 5.91 Å². The highest BCUT2D eigenvalue weighted by molar-refractivity contribution is 6.36.